The van der Waals surface area contributed by atoms with Gasteiger partial charge in [-0.3, -0.25) is 0 Å². The number of carbonyl (C=O) groups is 1. The highest BCUT2D eigenvalue weighted by atomic mass is 16.6. The van der Waals surface area contributed by atoms with Crippen molar-refractivity contribution < 1.29 is 14.3 Å². The molecule has 1 fully saturated rings. The number of nitrogens with zero attached hydrogens (tertiary/aromatic N) is 1. The van der Waals surface area contributed by atoms with Crippen LogP contribution >= 0.6 is 0 Å². The van der Waals surface area contributed by atoms with E-state index < -0.39 is 0 Å². The number of hydrogen-bond donors (Lipinski definition) is 0. The summed E-state index contributed by atoms with van der Waals surface area (Å²) in [5, 5.41) is 0. The van der Waals surface area contributed by atoms with Gasteiger partial charge in [0, 0.05) is 5.92 Å². The van der Waals surface area contributed by atoms with Crippen LogP contribution in [-0.4, -0.2) is 18.5 Å². The summed E-state index contributed by atoms with van der Waals surface area (Å²) in [5.41, 5.74) is 1.26. The first-order chi connectivity index (χ1) is 9.26. The molecule has 0 unspecified atom stereocenters. The van der Waals surface area contributed by atoms with Gasteiger partial charge >= 0.3 is 5.97 Å². The molecule has 0 bridgehead atoms. The molecule has 0 amide bonds. The zero-order valence-electron chi connectivity index (χ0n) is 10.8. The zero-order chi connectivity index (χ0) is 13.2. The molecular formula is C15H15NO3. The molecule has 0 atom stereocenters. The second-order valence-electron chi connectivity index (χ2n) is 4.65. The lowest BCUT2D eigenvalue weighted by Gasteiger charge is -2.03. The Balaban J connectivity index is 1.84. The van der Waals surface area contributed by atoms with E-state index in [0.717, 1.165) is 24.2 Å². The first-order valence-corrected chi connectivity index (χ1v) is 6.51. The van der Waals surface area contributed by atoms with Gasteiger partial charge in [-0.15, -0.1) is 0 Å². The smallest absolute Gasteiger partial charge is 0.363 e. The Kier molecular flexibility index (Phi) is 3.07. The molecule has 0 N–H and O–H groups in total. The Morgan fingerprint density at radius 1 is 1.47 bits per heavy atom. The van der Waals surface area contributed by atoms with Gasteiger partial charge in [0.25, 0.3) is 0 Å². The van der Waals surface area contributed by atoms with Crippen molar-refractivity contribution in [1.29, 1.82) is 0 Å². The molecule has 3 rings (SSSR count). The summed E-state index contributed by atoms with van der Waals surface area (Å²) in [6.45, 7) is 2.55. The fourth-order valence-corrected chi connectivity index (χ4v) is 1.95. The molecule has 1 aromatic rings. The van der Waals surface area contributed by atoms with E-state index >= 15 is 0 Å². The topological polar surface area (TPSA) is 47.9 Å². The number of aliphatic imine (C=N–C) groups is 1. The average molecular weight is 257 g/mol. The largest absolute Gasteiger partial charge is 0.494 e. The zero-order valence-corrected chi connectivity index (χ0v) is 10.8. The fraction of sp³-hybridized carbons (Fsp3) is 0.333. The van der Waals surface area contributed by atoms with Crippen LogP contribution in [0.1, 0.15) is 25.3 Å². The number of benzene rings is 1. The molecule has 19 heavy (non-hydrogen) atoms. The maximum Gasteiger partial charge on any atom is 0.363 e. The molecule has 2 aliphatic rings. The monoisotopic (exact) mass is 257 g/mol. The lowest BCUT2D eigenvalue weighted by atomic mass is 10.2. The summed E-state index contributed by atoms with van der Waals surface area (Å²) in [7, 11) is 0. The van der Waals surface area contributed by atoms with Crippen LogP contribution in [0.3, 0.4) is 0 Å². The normalized spacial score (nSPS) is 20.4. The van der Waals surface area contributed by atoms with Gasteiger partial charge < -0.3 is 9.47 Å². The molecule has 0 aromatic heterocycles. The fourth-order valence-electron chi connectivity index (χ4n) is 1.95. The van der Waals surface area contributed by atoms with Crippen LogP contribution in [-0.2, 0) is 9.53 Å². The third-order valence-corrected chi connectivity index (χ3v) is 3.04. The van der Waals surface area contributed by atoms with Crippen molar-refractivity contribution in [1.82, 2.24) is 0 Å². The van der Waals surface area contributed by atoms with Gasteiger partial charge in [0.05, 0.1) is 6.61 Å². The van der Waals surface area contributed by atoms with E-state index in [0.29, 0.717) is 24.1 Å². The molecule has 0 saturated heterocycles. The number of cyclic esters (lactones) is 1. The van der Waals surface area contributed by atoms with E-state index in [9.17, 15) is 4.79 Å². The average Bonchev–Trinajstić information content (AvgIpc) is 3.17. The van der Waals surface area contributed by atoms with Gasteiger partial charge in [0.2, 0.25) is 5.90 Å². The summed E-state index contributed by atoms with van der Waals surface area (Å²) in [6, 6.07) is 7.57. The van der Waals surface area contributed by atoms with Crippen molar-refractivity contribution in [2.75, 3.05) is 6.61 Å². The highest BCUT2D eigenvalue weighted by Crippen LogP contribution is 2.34. The Hall–Kier alpha value is -2.10. The Morgan fingerprint density at radius 3 is 3.05 bits per heavy atom. The number of hydrogen-bond acceptors (Lipinski definition) is 4. The number of rotatable bonds is 4. The van der Waals surface area contributed by atoms with Crippen LogP contribution in [0.5, 0.6) is 5.75 Å². The van der Waals surface area contributed by atoms with Crippen molar-refractivity contribution in [2.45, 2.75) is 19.8 Å². The van der Waals surface area contributed by atoms with Gasteiger partial charge in [-0.25, -0.2) is 9.79 Å². The first-order valence-electron chi connectivity index (χ1n) is 6.51. The Bertz CT molecular complexity index is 571. The highest BCUT2D eigenvalue weighted by molar-refractivity contribution is 6.08. The van der Waals surface area contributed by atoms with Gasteiger partial charge in [-0.1, -0.05) is 12.1 Å². The number of ether oxygens (including phenoxy) is 2. The van der Waals surface area contributed by atoms with E-state index in [2.05, 4.69) is 4.99 Å². The van der Waals surface area contributed by atoms with Crippen LogP contribution < -0.4 is 4.74 Å². The second kappa shape index (κ2) is 4.88. The van der Waals surface area contributed by atoms with Crippen molar-refractivity contribution in [3.63, 3.8) is 0 Å². The van der Waals surface area contributed by atoms with E-state index in [-0.39, 0.29) is 5.97 Å². The van der Waals surface area contributed by atoms with Gasteiger partial charge in [0.1, 0.15) is 5.75 Å². The van der Waals surface area contributed by atoms with E-state index in [1.54, 1.807) is 6.08 Å². The van der Waals surface area contributed by atoms with Crippen molar-refractivity contribution >= 4 is 17.9 Å². The van der Waals surface area contributed by atoms with Crippen molar-refractivity contribution in [3.8, 4) is 5.75 Å². The summed E-state index contributed by atoms with van der Waals surface area (Å²) >= 11 is 0. The van der Waals surface area contributed by atoms with Crippen LogP contribution in [0.2, 0.25) is 0 Å². The summed E-state index contributed by atoms with van der Waals surface area (Å²) < 4.78 is 10.6. The summed E-state index contributed by atoms with van der Waals surface area (Å²) in [5.74, 6) is 1.36. The lowest BCUT2D eigenvalue weighted by Crippen LogP contribution is -2.05. The van der Waals surface area contributed by atoms with Crippen LogP contribution in [0.4, 0.5) is 0 Å². The van der Waals surface area contributed by atoms with Crippen LogP contribution in [0, 0.1) is 5.92 Å². The summed E-state index contributed by atoms with van der Waals surface area (Å²) in [6.07, 6.45) is 3.87. The molecule has 1 heterocycles. The lowest BCUT2D eigenvalue weighted by molar-refractivity contribution is -0.130. The quantitative estimate of drug-likeness (QED) is 0.615. The SMILES string of the molecule is CCOc1cccc(/C=C2/N=C(C3CC3)OC2=O)c1. The molecule has 1 aliphatic heterocycles. The summed E-state index contributed by atoms with van der Waals surface area (Å²) in [4.78, 5) is 16.0. The standard InChI is InChI=1S/C15H15NO3/c1-2-18-12-5-3-4-10(8-12)9-13-15(17)19-14(16-13)11-6-7-11/h3-5,8-9,11H,2,6-7H2,1H3/b13-9+. The van der Waals surface area contributed by atoms with E-state index in [1.165, 1.54) is 0 Å². The minimum absolute atomic E-state index is 0.351. The number of carbonyl (C=O) groups excluding carboxylic acids is 1. The third kappa shape index (κ3) is 2.67. The maximum atomic E-state index is 11.7. The van der Waals surface area contributed by atoms with Gasteiger partial charge in [0.15, 0.2) is 5.70 Å². The molecule has 1 aliphatic carbocycles. The predicted molar refractivity (Wildman–Crippen MR) is 71.8 cm³/mol. The molecule has 98 valence electrons. The predicted octanol–water partition coefficient (Wildman–Crippen LogP) is 2.79. The Labute approximate surface area is 111 Å². The van der Waals surface area contributed by atoms with Crippen molar-refractivity contribution in [2.24, 2.45) is 10.9 Å². The Morgan fingerprint density at radius 2 is 2.32 bits per heavy atom. The molecule has 0 radical (unpaired) electrons. The molecule has 0 spiro atoms. The molecule has 4 nitrogen and oxygen atoms in total. The van der Waals surface area contributed by atoms with E-state index in [1.807, 2.05) is 31.2 Å². The van der Waals surface area contributed by atoms with Crippen molar-refractivity contribution in [3.05, 3.63) is 35.5 Å². The van der Waals surface area contributed by atoms with E-state index in [4.69, 9.17) is 9.47 Å². The molecule has 1 aromatic carbocycles. The maximum absolute atomic E-state index is 11.7. The molecule has 1 saturated carbocycles. The second-order valence-corrected chi connectivity index (χ2v) is 4.65. The minimum atomic E-state index is -0.358. The number of esters is 1. The van der Waals surface area contributed by atoms with Gasteiger partial charge in [-0.05, 0) is 43.5 Å². The van der Waals surface area contributed by atoms with Crippen LogP contribution in [0.25, 0.3) is 6.08 Å². The minimum Gasteiger partial charge on any atom is -0.494 e. The van der Waals surface area contributed by atoms with Gasteiger partial charge in [-0.2, -0.15) is 0 Å². The highest BCUT2D eigenvalue weighted by Gasteiger charge is 2.35. The van der Waals surface area contributed by atoms with Crippen LogP contribution in [0.15, 0.2) is 35.0 Å². The molecular weight excluding hydrogens is 242 g/mol. The first kappa shape index (κ1) is 12.0. The third-order valence-electron chi connectivity index (χ3n) is 3.04. The molecule has 4 heteroatoms.